The molecule has 6 heterocycles. The minimum absolute atomic E-state index is 0.0778. The summed E-state index contributed by atoms with van der Waals surface area (Å²) in [5, 5.41) is 5.34. The van der Waals surface area contributed by atoms with Crippen LogP contribution in [0.25, 0.3) is 55.0 Å². The van der Waals surface area contributed by atoms with Crippen molar-refractivity contribution in [2.45, 2.75) is 101 Å². The molecule has 0 amide bonds. The standard InChI is InChI=1S/C32H27BN2.C32H30N2.I72/c1-31-18-5-6-19-32(31,2)35-27-17-9-16-26-28(27)33(24-14-8-12-22(31)30(24)35)23-13-7-11-21-20-10-3-4-15-25(20)34(26)29(21)23;1-31-20-9-10-21-32(31,2)34(30-19-8-5-16-27(30)31)24-13-11-12-23(22-24)33-28-17-6-3-14-25(28)26-15-4-7-18-29(26)33;1-38(2)40(5)42(7)44(9)46(11)48(13)50(15)52(17)54(19)56(21)58(23)60(25)62(27)64(29)66(31)68(33)70(35)72(37)71(36)69(34)67(32)65(30)63(28)61(26)59(24)57(22)55(20)53(18)51(16)49(14)47(12)45(10)43(8)41(6)39(3)4/h3-4,7-17H,5-6,18-19H2,1-2H3;3-8,11-19,22H,9-10,20-21H2,1-2H3;. The number of nitrogens with zero attached hydrogens (tertiary/aromatic N) is 4. The van der Waals surface area contributed by atoms with E-state index < -0.39 is 276 Å². The SMILES string of the molecule is CC12CCCCC1(C)N(c1cccc(-n3c4ccccc4c4ccccc43)c1)c1ccccc12.CC12CCCCC1(C)N1c3cccc4c3B(c3cccc2c31)c1cccc2c3ccccc3n-4c12.II(I)I(I)I(I)I(I)I(I)I(I)I(I)I(I)I(I)I(I)I(I)I(I)I(I)I(I)I(I)I(I)I(I)I(I)I(I)I(I)I(I)I(I)I(I)I(I)I(I)I(I)I(I)I(I)I(I)I(I)I(I)I(I)I(I)I(I)I(I)I. The molecular weight excluding hydrogens is 9970 g/mol. The Morgan fingerprint density at radius 1 is 0.227 bits per heavy atom. The number of fused-ring (bicyclic) bond motifs is 16. The van der Waals surface area contributed by atoms with Crippen LogP contribution in [0.5, 0.6) is 0 Å². The van der Waals surface area contributed by atoms with Gasteiger partial charge in [0.15, 0.2) is 0 Å². The molecular formula is C64H57BI72N4. The van der Waals surface area contributed by atoms with Crippen LogP contribution in [0.1, 0.15) is 90.2 Å². The number of aromatic nitrogens is 2. The average molecular weight is 10000 g/mol. The molecule has 8 aromatic carbocycles. The zero-order valence-electron chi connectivity index (χ0n) is 67.5. The Morgan fingerprint density at radius 2 is 0.489 bits per heavy atom. The van der Waals surface area contributed by atoms with Crippen molar-refractivity contribution < 1.29 is 0 Å². The quantitative estimate of drug-likeness (QED) is 0.0287. The first kappa shape index (κ1) is 161. The molecule has 0 spiro atoms. The van der Waals surface area contributed by atoms with Gasteiger partial charge in [0.25, 0.3) is 6.71 Å². The Morgan fingerprint density at radius 3 is 0.872 bits per heavy atom. The van der Waals surface area contributed by atoms with Crippen molar-refractivity contribution >= 4 is 1050 Å². The Bertz CT molecular complexity index is 5830. The molecule has 2 saturated carbocycles. The van der Waals surface area contributed by atoms with E-state index in [0.717, 1.165) is 0 Å². The third-order valence-corrected chi connectivity index (χ3v) is 5640. The molecule has 4 aliphatic heterocycles. The van der Waals surface area contributed by atoms with E-state index in [1.54, 1.807) is 5.56 Å². The van der Waals surface area contributed by atoms with E-state index in [0.29, 0.717) is 0 Å². The summed E-state index contributed by atoms with van der Waals surface area (Å²) in [6.07, 6.45) is 10.3. The van der Waals surface area contributed by atoms with Gasteiger partial charge in [0.05, 0.1) is 27.6 Å². The molecule has 2 fully saturated rings. The second-order valence-electron chi connectivity index (χ2n) is 27.9. The molecule has 16 rings (SSSR count). The molecule has 10 aromatic rings. The van der Waals surface area contributed by atoms with E-state index >= 15 is 0 Å². The average Bonchev–Trinajstić information content (AvgIpc) is 1.50. The fourth-order valence-electron chi connectivity index (χ4n) is 16.7. The van der Waals surface area contributed by atoms with Crippen molar-refractivity contribution in [3.05, 3.63) is 187 Å². The summed E-state index contributed by atoms with van der Waals surface area (Å²) in [7, 11) is -20.3. The molecule has 141 heavy (non-hydrogen) atoms. The predicted molar refractivity (Wildman–Crippen MR) is 1300 cm³/mol. The van der Waals surface area contributed by atoms with Crippen molar-refractivity contribution in [1.82, 2.24) is 9.13 Å². The molecule has 6 aliphatic rings. The molecule has 0 radical (unpaired) electrons. The van der Waals surface area contributed by atoms with Crippen molar-refractivity contribution in [2.24, 2.45) is 0 Å². The third-order valence-electron chi connectivity index (χ3n) is 22.1. The molecule has 4 unspecified atom stereocenters. The summed E-state index contributed by atoms with van der Waals surface area (Å²) in [4.78, 5) is 5.46. The number of halogens is 72. The van der Waals surface area contributed by atoms with Gasteiger partial charge in [0.1, 0.15) is 0 Å². The summed E-state index contributed by atoms with van der Waals surface area (Å²) in [6.45, 7) is 10.4. The summed E-state index contributed by atoms with van der Waals surface area (Å²) >= 11 is 123. The van der Waals surface area contributed by atoms with E-state index in [2.05, 4.69) is 911 Å². The Kier molecular flexibility index (Phi) is 90.0. The van der Waals surface area contributed by atoms with Gasteiger partial charge in [-0.3, -0.25) is 0 Å². The molecule has 4 atom stereocenters. The van der Waals surface area contributed by atoms with Gasteiger partial charge in [0, 0.05) is 72.0 Å². The van der Waals surface area contributed by atoms with Crippen LogP contribution in [0.15, 0.2) is 176 Å². The van der Waals surface area contributed by atoms with Crippen LogP contribution in [-0.4, -0.2) is 26.9 Å². The number of benzene rings is 8. The van der Waals surface area contributed by atoms with Gasteiger partial charge in [-0.2, -0.15) is 0 Å². The summed E-state index contributed by atoms with van der Waals surface area (Å²) in [6, 6.07) is 66.1. The Hall–Kier alpha value is 45.6. The van der Waals surface area contributed by atoms with Crippen LogP contribution in [-0.2, 0) is 10.8 Å². The van der Waals surface area contributed by atoms with Crippen molar-refractivity contribution in [1.29, 1.82) is 0 Å². The van der Waals surface area contributed by atoms with E-state index in [1.807, 2.05) is 0 Å². The van der Waals surface area contributed by atoms with Gasteiger partial charge in [-0.1, -0.05) is 161 Å². The second kappa shape index (κ2) is 78.6. The molecule has 2 aromatic heterocycles. The monoisotopic (exact) mass is 10000 g/mol. The van der Waals surface area contributed by atoms with Crippen LogP contribution < -0.4 is 26.2 Å². The van der Waals surface area contributed by atoms with Crippen LogP contribution in [0.4, 0.5) is 22.7 Å². The Balaban J connectivity index is 0.000000186. The summed E-state index contributed by atoms with van der Waals surface area (Å²) in [5.41, 5.74) is 21.5. The van der Waals surface area contributed by atoms with E-state index in [1.165, 1.54) is 151 Å². The molecule has 0 N–H and O–H groups in total. The second-order valence-corrected chi connectivity index (χ2v) is 1730. The molecule has 77 heteroatoms. The van der Waals surface area contributed by atoms with Crippen molar-refractivity contribution in [3.8, 4) is 11.4 Å². The number of anilines is 4. The normalized spacial score (nSPS) is 21.7. The van der Waals surface area contributed by atoms with Crippen molar-refractivity contribution in [3.63, 3.8) is 0 Å². The fraction of sp³-hybridized carbons (Fsp3) is 0.250. The number of hydrogen-bond donors (Lipinski definition) is 0. The molecule has 840 valence electrons. The Labute approximate surface area is 1310 Å². The summed E-state index contributed by atoms with van der Waals surface area (Å²) < 4.78 is 4.99. The first-order valence-electron chi connectivity index (χ1n) is 36.0. The molecule has 0 saturated heterocycles. The third kappa shape index (κ3) is 39.6. The number of hydrogen-bond acceptors (Lipinski definition) is 2. The van der Waals surface area contributed by atoms with Gasteiger partial charge < -0.3 is 18.9 Å². The van der Waals surface area contributed by atoms with Gasteiger partial charge in [-0.05, 0) is 122 Å². The van der Waals surface area contributed by atoms with Gasteiger partial charge in [0.2, 0.25) is 0 Å². The first-order chi connectivity index (χ1) is 66.4. The first-order valence-corrected chi connectivity index (χ1v) is 482. The van der Waals surface area contributed by atoms with E-state index in [9.17, 15) is 0 Å². The summed E-state index contributed by atoms with van der Waals surface area (Å²) in [5.74, 6) is 0. The molecule has 2 aliphatic carbocycles. The number of rotatable bonds is 36. The van der Waals surface area contributed by atoms with Crippen LogP contribution >= 0.6 is 965 Å². The predicted octanol–water partition coefficient (Wildman–Crippen LogP) is 78.0. The topological polar surface area (TPSA) is 16.3 Å². The molecule has 0 bridgehead atoms. The van der Waals surface area contributed by atoms with E-state index in [-0.39, 0.29) is 28.6 Å². The van der Waals surface area contributed by atoms with Gasteiger partial charge in [-0.15, -0.1) is 0 Å². The van der Waals surface area contributed by atoms with Gasteiger partial charge in [-0.25, -0.2) is 0 Å². The van der Waals surface area contributed by atoms with Crippen LogP contribution in [0.2, 0.25) is 0 Å². The maximum absolute atomic E-state index is 3.44. The van der Waals surface area contributed by atoms with Gasteiger partial charge >= 0.3 is 965 Å². The van der Waals surface area contributed by atoms with Crippen LogP contribution in [0, 0.1) is 0 Å². The fourth-order valence-corrected chi connectivity index (χ4v) is 13800. The zero-order chi connectivity index (χ0) is 103. The van der Waals surface area contributed by atoms with E-state index in [4.69, 9.17) is 0 Å². The zero-order valence-corrected chi connectivity index (χ0v) is 223. The van der Waals surface area contributed by atoms with Crippen molar-refractivity contribution in [2.75, 3.05) is 9.80 Å². The number of para-hydroxylation sites is 6. The maximum atomic E-state index is 3.44. The van der Waals surface area contributed by atoms with Crippen LogP contribution in [0.3, 0.4) is 0 Å². The molecule has 4 nitrogen and oxygen atoms in total. The minimum atomic E-state index is -0.626.